The normalized spacial score (nSPS) is 10.0. The molecule has 0 fully saturated rings. The Balaban J connectivity index is 2.53. The van der Waals surface area contributed by atoms with Gasteiger partial charge < -0.3 is 9.47 Å². The van der Waals surface area contributed by atoms with Crippen LogP contribution in [0.15, 0.2) is 48.5 Å². The van der Waals surface area contributed by atoms with Crippen molar-refractivity contribution in [2.45, 2.75) is 6.92 Å². The molecular formula is C15H16O2. The highest BCUT2D eigenvalue weighted by molar-refractivity contribution is 5.73. The maximum Gasteiger partial charge on any atom is 0.168 e. The minimum absolute atomic E-state index is 0.625. The lowest BCUT2D eigenvalue weighted by atomic mass is 10.0. The summed E-state index contributed by atoms with van der Waals surface area (Å²) < 4.78 is 11.0. The van der Waals surface area contributed by atoms with Crippen LogP contribution in [0, 0.1) is 0 Å². The van der Waals surface area contributed by atoms with Crippen LogP contribution in [0.25, 0.3) is 11.1 Å². The van der Waals surface area contributed by atoms with E-state index in [4.69, 9.17) is 9.47 Å². The maximum absolute atomic E-state index is 5.69. The largest absolute Gasteiger partial charge is 0.493 e. The van der Waals surface area contributed by atoms with Gasteiger partial charge in [0.05, 0.1) is 13.7 Å². The van der Waals surface area contributed by atoms with Crippen LogP contribution in [0.3, 0.4) is 0 Å². The van der Waals surface area contributed by atoms with Crippen molar-refractivity contribution in [1.29, 1.82) is 0 Å². The quantitative estimate of drug-likeness (QED) is 0.793. The van der Waals surface area contributed by atoms with Gasteiger partial charge in [-0.3, -0.25) is 0 Å². The zero-order valence-electron chi connectivity index (χ0n) is 10.1. The summed E-state index contributed by atoms with van der Waals surface area (Å²) in [5.41, 5.74) is 2.20. The van der Waals surface area contributed by atoms with E-state index >= 15 is 0 Å². The lowest BCUT2D eigenvalue weighted by Crippen LogP contribution is -1.97. The average molecular weight is 228 g/mol. The summed E-state index contributed by atoms with van der Waals surface area (Å²) in [7, 11) is 1.66. The number of methoxy groups -OCH3 is 1. The number of ether oxygens (including phenoxy) is 2. The molecule has 0 aliphatic rings. The number of rotatable bonds is 4. The molecule has 0 saturated carbocycles. The van der Waals surface area contributed by atoms with E-state index in [1.54, 1.807) is 7.11 Å². The molecule has 0 radical (unpaired) electrons. The van der Waals surface area contributed by atoms with E-state index in [0.717, 1.165) is 22.6 Å². The molecule has 0 aromatic heterocycles. The van der Waals surface area contributed by atoms with Gasteiger partial charge in [0.25, 0.3) is 0 Å². The van der Waals surface area contributed by atoms with Crippen LogP contribution in [0.1, 0.15) is 6.92 Å². The van der Waals surface area contributed by atoms with E-state index < -0.39 is 0 Å². The van der Waals surface area contributed by atoms with E-state index in [1.165, 1.54) is 0 Å². The Hall–Kier alpha value is -1.96. The Bertz CT molecular complexity index is 478. The van der Waals surface area contributed by atoms with Gasteiger partial charge in [-0.1, -0.05) is 42.5 Å². The minimum atomic E-state index is 0.625. The highest BCUT2D eigenvalue weighted by Gasteiger charge is 2.11. The maximum atomic E-state index is 5.69. The average Bonchev–Trinajstić information content (AvgIpc) is 2.40. The van der Waals surface area contributed by atoms with Gasteiger partial charge in [0, 0.05) is 5.56 Å². The van der Waals surface area contributed by atoms with Crippen molar-refractivity contribution in [2.75, 3.05) is 13.7 Å². The molecule has 2 aromatic carbocycles. The summed E-state index contributed by atoms with van der Waals surface area (Å²) in [6.07, 6.45) is 0. The SMILES string of the molecule is CCOc1c(OC)cccc1-c1ccccc1. The zero-order chi connectivity index (χ0) is 12.1. The molecule has 0 aliphatic heterocycles. The summed E-state index contributed by atoms with van der Waals surface area (Å²) in [4.78, 5) is 0. The smallest absolute Gasteiger partial charge is 0.168 e. The first kappa shape index (κ1) is 11.5. The van der Waals surface area contributed by atoms with Crippen molar-refractivity contribution in [1.82, 2.24) is 0 Å². The van der Waals surface area contributed by atoms with Crippen LogP contribution >= 0.6 is 0 Å². The Labute approximate surface area is 102 Å². The second-order valence-electron chi connectivity index (χ2n) is 3.64. The molecule has 2 nitrogen and oxygen atoms in total. The van der Waals surface area contributed by atoms with Gasteiger partial charge in [0.2, 0.25) is 0 Å². The van der Waals surface area contributed by atoms with Crippen molar-refractivity contribution >= 4 is 0 Å². The molecule has 2 aromatic rings. The predicted octanol–water partition coefficient (Wildman–Crippen LogP) is 3.76. The molecular weight excluding hydrogens is 212 g/mol. The summed E-state index contributed by atoms with van der Waals surface area (Å²) in [6.45, 7) is 2.60. The molecule has 17 heavy (non-hydrogen) atoms. The van der Waals surface area contributed by atoms with Crippen molar-refractivity contribution in [3.05, 3.63) is 48.5 Å². The third kappa shape index (κ3) is 2.41. The Morgan fingerprint density at radius 2 is 1.71 bits per heavy atom. The monoisotopic (exact) mass is 228 g/mol. The van der Waals surface area contributed by atoms with E-state index in [1.807, 2.05) is 43.3 Å². The van der Waals surface area contributed by atoms with Gasteiger partial charge >= 0.3 is 0 Å². The minimum Gasteiger partial charge on any atom is -0.493 e. The fraction of sp³-hybridized carbons (Fsp3) is 0.200. The molecule has 0 N–H and O–H groups in total. The lowest BCUT2D eigenvalue weighted by molar-refractivity contribution is 0.312. The standard InChI is InChI=1S/C15H16O2/c1-3-17-15-13(10-7-11-14(15)16-2)12-8-5-4-6-9-12/h4-11H,3H2,1-2H3. The van der Waals surface area contributed by atoms with E-state index in [0.29, 0.717) is 6.61 Å². The third-order valence-electron chi connectivity index (χ3n) is 2.57. The molecule has 0 atom stereocenters. The highest BCUT2D eigenvalue weighted by atomic mass is 16.5. The molecule has 0 saturated heterocycles. The number of hydrogen-bond donors (Lipinski definition) is 0. The van der Waals surface area contributed by atoms with Crippen molar-refractivity contribution in [3.63, 3.8) is 0 Å². The topological polar surface area (TPSA) is 18.5 Å². The van der Waals surface area contributed by atoms with E-state index in [2.05, 4.69) is 12.1 Å². The summed E-state index contributed by atoms with van der Waals surface area (Å²) in [5.74, 6) is 1.58. The van der Waals surface area contributed by atoms with Gasteiger partial charge in [0.15, 0.2) is 11.5 Å². The predicted molar refractivity (Wildman–Crippen MR) is 69.6 cm³/mol. The number of hydrogen-bond acceptors (Lipinski definition) is 2. The Morgan fingerprint density at radius 1 is 0.941 bits per heavy atom. The van der Waals surface area contributed by atoms with Gasteiger partial charge in [-0.2, -0.15) is 0 Å². The van der Waals surface area contributed by atoms with E-state index in [9.17, 15) is 0 Å². The van der Waals surface area contributed by atoms with Crippen LogP contribution < -0.4 is 9.47 Å². The van der Waals surface area contributed by atoms with Crippen LogP contribution in [0.2, 0.25) is 0 Å². The first-order valence-corrected chi connectivity index (χ1v) is 5.72. The molecule has 0 heterocycles. The molecule has 88 valence electrons. The fourth-order valence-electron chi connectivity index (χ4n) is 1.81. The van der Waals surface area contributed by atoms with Crippen LogP contribution in [0.5, 0.6) is 11.5 Å². The molecule has 0 aliphatic carbocycles. The Kier molecular flexibility index (Phi) is 3.66. The summed E-state index contributed by atoms with van der Waals surface area (Å²) in [6, 6.07) is 16.1. The highest BCUT2D eigenvalue weighted by Crippen LogP contribution is 2.37. The van der Waals surface area contributed by atoms with Crippen LogP contribution in [-0.2, 0) is 0 Å². The molecule has 0 bridgehead atoms. The number of para-hydroxylation sites is 1. The fourth-order valence-corrected chi connectivity index (χ4v) is 1.81. The zero-order valence-corrected chi connectivity index (χ0v) is 10.1. The molecule has 2 heteroatoms. The second kappa shape index (κ2) is 5.39. The Morgan fingerprint density at radius 3 is 2.35 bits per heavy atom. The molecule has 0 amide bonds. The van der Waals surface area contributed by atoms with Crippen molar-refractivity contribution in [2.24, 2.45) is 0 Å². The van der Waals surface area contributed by atoms with E-state index in [-0.39, 0.29) is 0 Å². The van der Waals surface area contributed by atoms with Gasteiger partial charge in [-0.15, -0.1) is 0 Å². The lowest BCUT2D eigenvalue weighted by Gasteiger charge is -2.14. The summed E-state index contributed by atoms with van der Waals surface area (Å²) in [5, 5.41) is 0. The molecule has 0 spiro atoms. The third-order valence-corrected chi connectivity index (χ3v) is 2.57. The molecule has 0 unspecified atom stereocenters. The second-order valence-corrected chi connectivity index (χ2v) is 3.64. The molecule has 2 rings (SSSR count). The van der Waals surface area contributed by atoms with Crippen molar-refractivity contribution in [3.8, 4) is 22.6 Å². The first-order valence-electron chi connectivity index (χ1n) is 5.72. The van der Waals surface area contributed by atoms with Gasteiger partial charge in [-0.25, -0.2) is 0 Å². The van der Waals surface area contributed by atoms with Gasteiger partial charge in [-0.05, 0) is 18.6 Å². The summed E-state index contributed by atoms with van der Waals surface area (Å²) >= 11 is 0. The van der Waals surface area contributed by atoms with Crippen LogP contribution in [0.4, 0.5) is 0 Å². The first-order chi connectivity index (χ1) is 8.36. The van der Waals surface area contributed by atoms with Crippen molar-refractivity contribution < 1.29 is 9.47 Å². The van der Waals surface area contributed by atoms with Gasteiger partial charge in [0.1, 0.15) is 0 Å². The number of benzene rings is 2. The van der Waals surface area contributed by atoms with Crippen LogP contribution in [-0.4, -0.2) is 13.7 Å².